The molecule has 1 aliphatic carbocycles. The van der Waals surface area contributed by atoms with Crippen molar-refractivity contribution in [1.29, 1.82) is 0 Å². The van der Waals surface area contributed by atoms with Crippen LogP contribution in [0.2, 0.25) is 0 Å². The lowest BCUT2D eigenvalue weighted by atomic mass is 9.97. The minimum absolute atomic E-state index is 0.107. The summed E-state index contributed by atoms with van der Waals surface area (Å²) in [5, 5.41) is 13.0. The third-order valence-electron chi connectivity index (χ3n) is 2.92. The summed E-state index contributed by atoms with van der Waals surface area (Å²) in [4.78, 5) is 4.42. The maximum atomic E-state index is 5.27. The van der Waals surface area contributed by atoms with Gasteiger partial charge in [0.2, 0.25) is 5.89 Å². The van der Waals surface area contributed by atoms with Gasteiger partial charge in [-0.2, -0.15) is 4.98 Å². The van der Waals surface area contributed by atoms with Gasteiger partial charge in [0, 0.05) is 11.5 Å². The van der Waals surface area contributed by atoms with Crippen LogP contribution < -0.4 is 0 Å². The van der Waals surface area contributed by atoms with Crippen LogP contribution in [0.1, 0.15) is 51.4 Å². The monoisotopic (exact) mass is 279 g/mol. The molecule has 6 nitrogen and oxygen atoms in total. The average Bonchev–Trinajstić information content (AvgIpc) is 2.91. The normalized spacial score (nSPS) is 15.9. The van der Waals surface area contributed by atoms with E-state index in [0.29, 0.717) is 23.5 Å². The van der Waals surface area contributed by atoms with E-state index in [1.807, 2.05) is 0 Å². The average molecular weight is 279 g/mol. The molecule has 0 radical (unpaired) electrons. The zero-order valence-corrected chi connectivity index (χ0v) is 12.1. The third-order valence-corrected chi connectivity index (χ3v) is 3.87. The van der Waals surface area contributed by atoms with Crippen LogP contribution in [0.25, 0.3) is 0 Å². The van der Waals surface area contributed by atoms with Crippen LogP contribution in [0.4, 0.5) is 0 Å². The molecule has 0 N–H and O–H groups in total. The van der Waals surface area contributed by atoms with E-state index in [9.17, 15) is 0 Å². The van der Waals surface area contributed by atoms with Crippen molar-refractivity contribution in [2.24, 2.45) is 0 Å². The first-order valence-corrected chi connectivity index (χ1v) is 7.38. The van der Waals surface area contributed by atoms with Gasteiger partial charge in [-0.1, -0.05) is 37.7 Å². The Labute approximate surface area is 116 Å². The molecule has 3 rings (SSSR count). The van der Waals surface area contributed by atoms with Gasteiger partial charge in [-0.15, -0.1) is 10.2 Å². The minimum atomic E-state index is -0.107. The van der Waals surface area contributed by atoms with E-state index in [2.05, 4.69) is 45.7 Å². The second-order valence-corrected chi connectivity index (χ2v) is 6.75. The summed E-state index contributed by atoms with van der Waals surface area (Å²) < 4.78 is 7.41. The van der Waals surface area contributed by atoms with Crippen molar-refractivity contribution in [1.82, 2.24) is 24.9 Å². The lowest BCUT2D eigenvalue weighted by Gasteiger charge is -2.10. The van der Waals surface area contributed by atoms with Crippen LogP contribution in [0.3, 0.4) is 0 Å². The van der Waals surface area contributed by atoms with Gasteiger partial charge in [0.1, 0.15) is 6.33 Å². The van der Waals surface area contributed by atoms with Crippen LogP contribution in [0.5, 0.6) is 0 Å². The fourth-order valence-corrected chi connectivity index (χ4v) is 2.51. The summed E-state index contributed by atoms with van der Waals surface area (Å²) in [6.07, 6.45) is 4.25. The molecular formula is C12H17N5OS. The number of hydrogen-bond donors (Lipinski definition) is 0. The lowest BCUT2D eigenvalue weighted by Crippen LogP contribution is -2.11. The van der Waals surface area contributed by atoms with Crippen molar-refractivity contribution in [3.63, 3.8) is 0 Å². The van der Waals surface area contributed by atoms with Crippen LogP contribution >= 0.6 is 11.8 Å². The number of aromatic nitrogens is 5. The molecule has 102 valence electrons. The van der Waals surface area contributed by atoms with E-state index in [4.69, 9.17) is 4.52 Å². The molecule has 0 atom stereocenters. The molecule has 0 aromatic carbocycles. The molecule has 0 saturated heterocycles. The first kappa shape index (κ1) is 12.7. The number of thioether (sulfide) groups is 1. The standard InChI is InChI=1S/C12H17N5OS/c1-12(2,3)10-14-9(16-18-10)6-19-11-15-13-7-17(11)8-4-5-8/h7-8H,4-6H2,1-3H3. The molecule has 1 fully saturated rings. The highest BCUT2D eigenvalue weighted by molar-refractivity contribution is 7.98. The summed E-state index contributed by atoms with van der Waals surface area (Å²) in [5.74, 6) is 2.04. The van der Waals surface area contributed by atoms with Crippen LogP contribution in [0, 0.1) is 0 Å². The van der Waals surface area contributed by atoms with Crippen LogP contribution in [-0.4, -0.2) is 24.9 Å². The molecule has 2 heterocycles. The number of nitrogens with zero attached hydrogens (tertiary/aromatic N) is 5. The zero-order valence-electron chi connectivity index (χ0n) is 11.3. The third kappa shape index (κ3) is 2.80. The lowest BCUT2D eigenvalue weighted by molar-refractivity contribution is 0.319. The maximum Gasteiger partial charge on any atom is 0.232 e. The van der Waals surface area contributed by atoms with Crippen LogP contribution in [0.15, 0.2) is 16.0 Å². The van der Waals surface area contributed by atoms with Crippen molar-refractivity contribution >= 4 is 11.8 Å². The fraction of sp³-hybridized carbons (Fsp3) is 0.667. The van der Waals surface area contributed by atoms with Gasteiger partial charge in [0.15, 0.2) is 11.0 Å². The van der Waals surface area contributed by atoms with Gasteiger partial charge in [0.05, 0.1) is 5.75 Å². The summed E-state index contributed by atoms with van der Waals surface area (Å²) in [6.45, 7) is 6.17. The van der Waals surface area contributed by atoms with E-state index in [0.717, 1.165) is 5.16 Å². The molecule has 0 unspecified atom stereocenters. The molecule has 19 heavy (non-hydrogen) atoms. The molecule has 0 amide bonds. The molecule has 7 heteroatoms. The molecule has 1 saturated carbocycles. The maximum absolute atomic E-state index is 5.27. The Balaban J connectivity index is 1.65. The van der Waals surface area contributed by atoms with E-state index < -0.39 is 0 Å². The Bertz CT molecular complexity index is 567. The van der Waals surface area contributed by atoms with Gasteiger partial charge < -0.3 is 9.09 Å². The van der Waals surface area contributed by atoms with E-state index >= 15 is 0 Å². The second-order valence-electron chi connectivity index (χ2n) is 5.81. The molecule has 0 bridgehead atoms. The van der Waals surface area contributed by atoms with Crippen molar-refractivity contribution < 1.29 is 4.52 Å². The van der Waals surface area contributed by atoms with Gasteiger partial charge in [-0.05, 0) is 12.8 Å². The SMILES string of the molecule is CC(C)(C)c1nc(CSc2nncn2C2CC2)no1. The van der Waals surface area contributed by atoms with E-state index in [1.54, 1.807) is 18.1 Å². The predicted octanol–water partition coefficient (Wildman–Crippen LogP) is 2.59. The highest BCUT2D eigenvalue weighted by Gasteiger charge is 2.26. The topological polar surface area (TPSA) is 69.6 Å². The highest BCUT2D eigenvalue weighted by atomic mass is 32.2. The first-order valence-electron chi connectivity index (χ1n) is 6.39. The number of hydrogen-bond acceptors (Lipinski definition) is 6. The number of rotatable bonds is 4. The Morgan fingerprint density at radius 3 is 2.84 bits per heavy atom. The zero-order chi connectivity index (χ0) is 13.5. The molecule has 2 aromatic heterocycles. The summed E-state index contributed by atoms with van der Waals surface area (Å²) in [6, 6.07) is 0.591. The Morgan fingerprint density at radius 1 is 1.42 bits per heavy atom. The molecule has 0 spiro atoms. The van der Waals surface area contributed by atoms with Gasteiger partial charge in [0.25, 0.3) is 0 Å². The Kier molecular flexibility index (Phi) is 3.08. The van der Waals surface area contributed by atoms with E-state index in [-0.39, 0.29) is 5.41 Å². The molecule has 1 aliphatic rings. The quantitative estimate of drug-likeness (QED) is 0.801. The summed E-state index contributed by atoms with van der Waals surface area (Å²) >= 11 is 1.60. The smallest absolute Gasteiger partial charge is 0.232 e. The van der Waals surface area contributed by atoms with Gasteiger partial charge >= 0.3 is 0 Å². The molecular weight excluding hydrogens is 262 g/mol. The molecule has 0 aliphatic heterocycles. The predicted molar refractivity (Wildman–Crippen MR) is 70.9 cm³/mol. The van der Waals surface area contributed by atoms with Crippen molar-refractivity contribution in [3.05, 3.63) is 18.0 Å². The van der Waals surface area contributed by atoms with Crippen molar-refractivity contribution in [2.75, 3.05) is 0 Å². The van der Waals surface area contributed by atoms with Crippen LogP contribution in [-0.2, 0) is 11.2 Å². The molecule has 2 aromatic rings. The first-order chi connectivity index (χ1) is 9.04. The largest absolute Gasteiger partial charge is 0.339 e. The van der Waals surface area contributed by atoms with Crippen molar-refractivity contribution in [2.45, 2.75) is 56.0 Å². The Hall–Kier alpha value is -1.37. The summed E-state index contributed by atoms with van der Waals surface area (Å²) in [5.41, 5.74) is -0.107. The minimum Gasteiger partial charge on any atom is -0.339 e. The highest BCUT2D eigenvalue weighted by Crippen LogP contribution is 2.37. The second kappa shape index (κ2) is 4.63. The Morgan fingerprint density at radius 2 is 2.21 bits per heavy atom. The summed E-state index contributed by atoms with van der Waals surface area (Å²) in [7, 11) is 0. The fourth-order valence-electron chi connectivity index (χ4n) is 1.68. The van der Waals surface area contributed by atoms with E-state index in [1.165, 1.54) is 12.8 Å². The van der Waals surface area contributed by atoms with Crippen molar-refractivity contribution in [3.8, 4) is 0 Å². The van der Waals surface area contributed by atoms with Gasteiger partial charge in [-0.25, -0.2) is 0 Å². The van der Waals surface area contributed by atoms with Gasteiger partial charge in [-0.3, -0.25) is 0 Å².